The maximum atomic E-state index is 11.2. The van der Waals surface area contributed by atoms with Crippen molar-refractivity contribution in [2.45, 2.75) is 49.9 Å². The predicted molar refractivity (Wildman–Crippen MR) is 56.0 cm³/mol. The summed E-state index contributed by atoms with van der Waals surface area (Å²) in [6.45, 7) is 0. The smallest absolute Gasteiger partial charge is 0.268 e. The summed E-state index contributed by atoms with van der Waals surface area (Å²) in [6, 6.07) is 0. The zero-order valence-corrected chi connectivity index (χ0v) is 9.49. The number of fused-ring (bicyclic) bond motifs is 1. The molecule has 0 aromatic carbocycles. The third kappa shape index (κ3) is 2.34. The van der Waals surface area contributed by atoms with E-state index in [1.807, 2.05) is 0 Å². The Morgan fingerprint density at radius 1 is 1.07 bits per heavy atom. The molecule has 5 heteroatoms. The van der Waals surface area contributed by atoms with Crippen LogP contribution in [0.4, 0.5) is 0 Å². The monoisotopic (exact) mass is 234 g/mol. The normalized spacial score (nSPS) is 42.3. The second-order valence-corrected chi connectivity index (χ2v) is 6.51. The van der Waals surface area contributed by atoms with Crippen molar-refractivity contribution in [1.82, 2.24) is 0 Å². The molecule has 4 nitrogen and oxygen atoms in total. The van der Waals surface area contributed by atoms with Crippen LogP contribution in [0.1, 0.15) is 38.5 Å². The number of rotatable bonds is 1. The molecule has 2 N–H and O–H groups in total. The Morgan fingerprint density at radius 2 is 1.80 bits per heavy atom. The van der Waals surface area contributed by atoms with Gasteiger partial charge in [0.2, 0.25) is 0 Å². The molecule has 0 aromatic heterocycles. The van der Waals surface area contributed by atoms with Gasteiger partial charge in [0.05, 0.1) is 11.4 Å². The fraction of sp³-hybridized carbons (Fsp3) is 1.00. The predicted octanol–water partition coefficient (Wildman–Crippen LogP) is 1.20. The summed E-state index contributed by atoms with van der Waals surface area (Å²) in [5.74, 6) is 0.353. The van der Waals surface area contributed by atoms with Gasteiger partial charge in [0.25, 0.3) is 10.1 Å². The lowest BCUT2D eigenvalue weighted by Crippen LogP contribution is -2.42. The van der Waals surface area contributed by atoms with E-state index < -0.39 is 15.4 Å². The first kappa shape index (κ1) is 11.4. The van der Waals surface area contributed by atoms with E-state index >= 15 is 0 Å². The first-order chi connectivity index (χ1) is 6.98. The van der Waals surface area contributed by atoms with Crippen LogP contribution in [0.25, 0.3) is 0 Å². The van der Waals surface area contributed by atoms with Gasteiger partial charge in [-0.3, -0.25) is 4.55 Å². The second-order valence-electron chi connectivity index (χ2n) is 4.88. The summed E-state index contributed by atoms with van der Waals surface area (Å²) in [5.41, 5.74) is 0. The average Bonchev–Trinajstić information content (AvgIpc) is 2.15. The largest absolute Gasteiger partial charge is 0.393 e. The highest BCUT2D eigenvalue weighted by molar-refractivity contribution is 7.86. The number of hydrogen-bond acceptors (Lipinski definition) is 3. The van der Waals surface area contributed by atoms with Crippen LogP contribution in [-0.2, 0) is 10.1 Å². The average molecular weight is 234 g/mol. The summed E-state index contributed by atoms with van der Waals surface area (Å²) in [6.07, 6.45) is 4.30. The zero-order valence-electron chi connectivity index (χ0n) is 8.67. The lowest BCUT2D eigenvalue weighted by molar-refractivity contribution is 0.0497. The van der Waals surface area contributed by atoms with E-state index in [9.17, 15) is 13.5 Å². The van der Waals surface area contributed by atoms with Gasteiger partial charge in [-0.05, 0) is 37.5 Å². The summed E-state index contributed by atoms with van der Waals surface area (Å²) < 4.78 is 31.6. The summed E-state index contributed by atoms with van der Waals surface area (Å²) >= 11 is 0. The topological polar surface area (TPSA) is 74.6 Å². The molecule has 0 saturated heterocycles. The van der Waals surface area contributed by atoms with Crippen LogP contribution in [0.2, 0.25) is 0 Å². The highest BCUT2D eigenvalue weighted by Crippen LogP contribution is 2.42. The molecule has 2 aliphatic rings. The van der Waals surface area contributed by atoms with Crippen molar-refractivity contribution < 1.29 is 18.1 Å². The second kappa shape index (κ2) is 4.03. The Balaban J connectivity index is 2.18. The van der Waals surface area contributed by atoms with Crippen LogP contribution in [0.15, 0.2) is 0 Å². The Bertz CT molecular complexity index is 324. The number of aliphatic hydroxyl groups excluding tert-OH is 1. The van der Waals surface area contributed by atoms with E-state index in [2.05, 4.69) is 0 Å². The molecule has 0 radical (unpaired) electrons. The molecule has 88 valence electrons. The van der Waals surface area contributed by atoms with Crippen LogP contribution in [0.5, 0.6) is 0 Å². The standard InChI is InChI=1S/C10H18O4S/c11-8-5-4-7-2-1-3-10(9(7)6-8)15(12,13)14/h7-11H,1-6H2,(H,12,13,14). The van der Waals surface area contributed by atoms with Gasteiger partial charge in [-0.1, -0.05) is 12.8 Å². The number of aliphatic hydroxyl groups is 1. The lowest BCUT2D eigenvalue weighted by Gasteiger charge is -2.41. The van der Waals surface area contributed by atoms with Crippen LogP contribution in [0.3, 0.4) is 0 Å². The van der Waals surface area contributed by atoms with Crippen molar-refractivity contribution in [2.75, 3.05) is 0 Å². The Labute approximate surface area is 90.4 Å². The minimum absolute atomic E-state index is 0.0301. The van der Waals surface area contributed by atoms with Gasteiger partial charge in [-0.25, -0.2) is 0 Å². The Hall–Kier alpha value is -0.130. The molecule has 2 saturated carbocycles. The first-order valence-electron chi connectivity index (χ1n) is 5.63. The molecule has 0 aromatic rings. The molecule has 15 heavy (non-hydrogen) atoms. The number of hydrogen-bond donors (Lipinski definition) is 2. The SMILES string of the molecule is O=S(=O)(O)C1CCCC2CCC(O)CC21. The fourth-order valence-corrected chi connectivity index (χ4v) is 4.46. The van der Waals surface area contributed by atoms with Crippen molar-refractivity contribution in [3.05, 3.63) is 0 Å². The van der Waals surface area contributed by atoms with Gasteiger partial charge in [0.15, 0.2) is 0 Å². The van der Waals surface area contributed by atoms with Crippen molar-refractivity contribution in [2.24, 2.45) is 11.8 Å². The minimum Gasteiger partial charge on any atom is -0.393 e. The van der Waals surface area contributed by atoms with E-state index in [4.69, 9.17) is 4.55 Å². The lowest BCUT2D eigenvalue weighted by atomic mass is 9.70. The Kier molecular flexibility index (Phi) is 3.05. The molecule has 0 amide bonds. The van der Waals surface area contributed by atoms with E-state index in [0.717, 1.165) is 25.7 Å². The molecule has 4 unspecified atom stereocenters. The van der Waals surface area contributed by atoms with Gasteiger partial charge in [0, 0.05) is 0 Å². The molecule has 2 fully saturated rings. The fourth-order valence-electron chi connectivity index (χ4n) is 3.22. The van der Waals surface area contributed by atoms with Gasteiger partial charge in [-0.15, -0.1) is 0 Å². The van der Waals surface area contributed by atoms with Gasteiger partial charge >= 0.3 is 0 Å². The minimum atomic E-state index is -3.93. The molecule has 4 atom stereocenters. The van der Waals surface area contributed by atoms with Crippen LogP contribution < -0.4 is 0 Å². The molecule has 0 spiro atoms. The summed E-state index contributed by atoms with van der Waals surface area (Å²) in [7, 11) is -3.93. The molecule has 0 aliphatic heterocycles. The van der Waals surface area contributed by atoms with E-state index in [1.54, 1.807) is 0 Å². The molecule has 2 aliphatic carbocycles. The van der Waals surface area contributed by atoms with Gasteiger partial charge in [0.1, 0.15) is 0 Å². The Morgan fingerprint density at radius 3 is 2.47 bits per heavy atom. The highest BCUT2D eigenvalue weighted by atomic mass is 32.2. The van der Waals surface area contributed by atoms with E-state index in [-0.39, 0.29) is 12.0 Å². The van der Waals surface area contributed by atoms with Crippen LogP contribution in [-0.4, -0.2) is 29.4 Å². The molecule has 0 heterocycles. The first-order valence-corrected chi connectivity index (χ1v) is 7.13. The third-order valence-corrected chi connectivity index (χ3v) is 5.29. The van der Waals surface area contributed by atoms with Crippen LogP contribution >= 0.6 is 0 Å². The van der Waals surface area contributed by atoms with Crippen molar-refractivity contribution in [3.63, 3.8) is 0 Å². The highest BCUT2D eigenvalue weighted by Gasteiger charge is 2.42. The van der Waals surface area contributed by atoms with E-state index in [0.29, 0.717) is 18.8 Å². The maximum Gasteiger partial charge on any atom is 0.268 e. The van der Waals surface area contributed by atoms with Gasteiger partial charge in [-0.2, -0.15) is 8.42 Å². The van der Waals surface area contributed by atoms with E-state index in [1.165, 1.54) is 0 Å². The summed E-state index contributed by atoms with van der Waals surface area (Å²) in [4.78, 5) is 0. The molecule has 2 rings (SSSR count). The molecular formula is C10H18O4S. The van der Waals surface area contributed by atoms with Crippen molar-refractivity contribution >= 4 is 10.1 Å². The third-order valence-electron chi connectivity index (χ3n) is 3.94. The van der Waals surface area contributed by atoms with Crippen LogP contribution in [0, 0.1) is 11.8 Å². The quantitative estimate of drug-likeness (QED) is 0.669. The zero-order chi connectivity index (χ0) is 11.1. The van der Waals surface area contributed by atoms with Gasteiger partial charge < -0.3 is 5.11 Å². The molecule has 0 bridgehead atoms. The maximum absolute atomic E-state index is 11.2. The van der Waals surface area contributed by atoms with Crippen molar-refractivity contribution in [1.29, 1.82) is 0 Å². The molecular weight excluding hydrogens is 216 g/mol. The summed E-state index contributed by atoms with van der Waals surface area (Å²) in [5, 5.41) is 8.92. The van der Waals surface area contributed by atoms with Crippen molar-refractivity contribution in [3.8, 4) is 0 Å².